The molecule has 1 amide bonds. The summed E-state index contributed by atoms with van der Waals surface area (Å²) < 4.78 is 31.9. The number of carbonyl (C=O) groups excluding carboxylic acids is 1. The molecule has 1 aliphatic carbocycles. The predicted molar refractivity (Wildman–Crippen MR) is 88.1 cm³/mol. The van der Waals surface area contributed by atoms with Crippen molar-refractivity contribution in [3.05, 3.63) is 59.7 Å². The lowest BCUT2D eigenvalue weighted by Crippen LogP contribution is -2.69. The second-order valence-corrected chi connectivity index (χ2v) is 6.43. The van der Waals surface area contributed by atoms with Crippen molar-refractivity contribution in [3.8, 4) is 11.1 Å². The topological polar surface area (TPSA) is 66.8 Å². The Morgan fingerprint density at radius 1 is 1.08 bits per heavy atom. The molecule has 1 atom stereocenters. The molecule has 1 aliphatic heterocycles. The van der Waals surface area contributed by atoms with E-state index in [1.807, 2.05) is 48.5 Å². The molecule has 2 aliphatic rings. The molecular formula is C19H15F2NO4. The molecule has 0 radical (unpaired) electrons. The van der Waals surface area contributed by atoms with Gasteiger partial charge < -0.3 is 9.84 Å². The Balaban J connectivity index is 1.52. The fourth-order valence-corrected chi connectivity index (χ4v) is 3.68. The Bertz CT molecular complexity index is 853. The first-order chi connectivity index (χ1) is 12.4. The lowest BCUT2D eigenvalue weighted by molar-refractivity contribution is -0.194. The number of alkyl halides is 2. The highest BCUT2D eigenvalue weighted by Crippen LogP contribution is 2.44. The smallest absolute Gasteiger partial charge is 0.410 e. The van der Waals surface area contributed by atoms with Gasteiger partial charge in [-0.05, 0) is 22.3 Å². The highest BCUT2D eigenvalue weighted by molar-refractivity contribution is 5.84. The lowest BCUT2D eigenvalue weighted by Gasteiger charge is -2.43. The fourth-order valence-electron chi connectivity index (χ4n) is 3.68. The Hall–Kier alpha value is -2.96. The van der Waals surface area contributed by atoms with Crippen molar-refractivity contribution in [2.45, 2.75) is 17.9 Å². The number of nitrogens with zero attached hydrogens (tertiary/aromatic N) is 1. The molecule has 4 rings (SSSR count). The number of rotatable bonds is 3. The molecule has 1 fully saturated rings. The molecule has 0 spiro atoms. The van der Waals surface area contributed by atoms with E-state index in [-0.39, 0.29) is 12.5 Å². The number of carboxylic acid groups (broad SMARTS) is 1. The number of fused-ring (bicyclic) bond motifs is 3. The first-order valence-corrected chi connectivity index (χ1v) is 8.12. The molecule has 1 unspecified atom stereocenters. The summed E-state index contributed by atoms with van der Waals surface area (Å²) in [5.41, 5.74) is 4.07. The van der Waals surface area contributed by atoms with Gasteiger partial charge in [0.15, 0.2) is 6.04 Å². The number of hydrogen-bond donors (Lipinski definition) is 1. The maximum Gasteiger partial charge on any atom is 0.410 e. The fraction of sp³-hybridized carbons (Fsp3) is 0.263. The number of benzene rings is 2. The van der Waals surface area contributed by atoms with Crippen LogP contribution in [0.1, 0.15) is 17.0 Å². The summed E-state index contributed by atoms with van der Waals surface area (Å²) in [5, 5.41) is 8.90. The Morgan fingerprint density at radius 2 is 1.62 bits per heavy atom. The van der Waals surface area contributed by atoms with Crippen LogP contribution in [0.4, 0.5) is 13.6 Å². The van der Waals surface area contributed by atoms with E-state index in [2.05, 4.69) is 0 Å². The number of aliphatic carboxylic acids is 1. The van der Waals surface area contributed by atoms with E-state index in [0.29, 0.717) is 4.90 Å². The number of hydrogen-bond acceptors (Lipinski definition) is 3. The Kier molecular flexibility index (Phi) is 3.68. The minimum absolute atomic E-state index is 0.0404. The van der Waals surface area contributed by atoms with Crippen LogP contribution < -0.4 is 0 Å². The van der Waals surface area contributed by atoms with Crippen LogP contribution in [0, 0.1) is 0 Å². The highest BCUT2D eigenvalue weighted by atomic mass is 19.3. The van der Waals surface area contributed by atoms with Crippen molar-refractivity contribution >= 4 is 12.1 Å². The van der Waals surface area contributed by atoms with Crippen LogP contribution in [0.2, 0.25) is 0 Å². The van der Waals surface area contributed by atoms with Gasteiger partial charge in [-0.15, -0.1) is 0 Å². The summed E-state index contributed by atoms with van der Waals surface area (Å²) in [6.45, 7) is -0.984. The van der Waals surface area contributed by atoms with Gasteiger partial charge in [-0.3, -0.25) is 4.90 Å². The van der Waals surface area contributed by atoms with Crippen molar-refractivity contribution in [1.82, 2.24) is 4.90 Å². The third-order valence-electron chi connectivity index (χ3n) is 4.90. The molecule has 0 bridgehead atoms. The molecule has 134 valence electrons. The molecular weight excluding hydrogens is 344 g/mol. The number of ether oxygens (including phenoxy) is 1. The van der Waals surface area contributed by atoms with E-state index >= 15 is 0 Å². The van der Waals surface area contributed by atoms with Gasteiger partial charge in [0.25, 0.3) is 5.92 Å². The molecule has 0 aromatic heterocycles. The number of amides is 1. The first-order valence-electron chi connectivity index (χ1n) is 8.12. The molecule has 2 aromatic carbocycles. The van der Waals surface area contributed by atoms with Gasteiger partial charge >= 0.3 is 12.1 Å². The Morgan fingerprint density at radius 3 is 2.12 bits per heavy atom. The van der Waals surface area contributed by atoms with Crippen molar-refractivity contribution < 1.29 is 28.2 Å². The summed E-state index contributed by atoms with van der Waals surface area (Å²) in [6, 6.07) is 13.3. The van der Waals surface area contributed by atoms with Crippen molar-refractivity contribution in [1.29, 1.82) is 0 Å². The molecule has 5 nitrogen and oxygen atoms in total. The van der Waals surface area contributed by atoms with E-state index in [9.17, 15) is 18.4 Å². The van der Waals surface area contributed by atoms with Crippen LogP contribution in [0.5, 0.6) is 0 Å². The van der Waals surface area contributed by atoms with Gasteiger partial charge in [-0.2, -0.15) is 0 Å². The van der Waals surface area contributed by atoms with Crippen molar-refractivity contribution in [2.24, 2.45) is 0 Å². The highest BCUT2D eigenvalue weighted by Gasteiger charge is 2.61. The average molecular weight is 359 g/mol. The first kappa shape index (κ1) is 16.5. The summed E-state index contributed by atoms with van der Waals surface area (Å²) in [4.78, 5) is 23.6. The van der Waals surface area contributed by atoms with Crippen molar-refractivity contribution in [2.75, 3.05) is 13.2 Å². The van der Waals surface area contributed by atoms with Crippen LogP contribution in [0.25, 0.3) is 11.1 Å². The minimum atomic E-state index is -3.43. The standard InChI is InChI=1S/C19H15F2NO4/c20-19(21)10-22(16(19)17(23)24)18(25)26-9-15-13-7-3-1-5-11(13)12-6-2-4-8-14(12)15/h1-8,15-16H,9-10H2,(H,23,24). The maximum atomic E-state index is 13.4. The quantitative estimate of drug-likeness (QED) is 0.913. The van der Waals surface area contributed by atoms with Crippen LogP contribution in [-0.2, 0) is 9.53 Å². The van der Waals surface area contributed by atoms with Gasteiger partial charge in [-0.1, -0.05) is 48.5 Å². The Labute approximate surface area is 147 Å². The molecule has 1 saturated heterocycles. The van der Waals surface area contributed by atoms with E-state index in [1.165, 1.54) is 0 Å². The molecule has 1 N–H and O–H groups in total. The summed E-state index contributed by atoms with van der Waals surface area (Å²) in [7, 11) is 0. The number of carboxylic acids is 1. The number of likely N-dealkylation sites (tertiary alicyclic amines) is 1. The molecule has 0 saturated carbocycles. The zero-order chi connectivity index (χ0) is 18.5. The largest absolute Gasteiger partial charge is 0.480 e. The van der Waals surface area contributed by atoms with E-state index in [0.717, 1.165) is 22.3 Å². The van der Waals surface area contributed by atoms with E-state index in [1.54, 1.807) is 0 Å². The van der Waals surface area contributed by atoms with Gasteiger partial charge in [0.05, 0.1) is 6.54 Å². The van der Waals surface area contributed by atoms with E-state index < -0.39 is 30.6 Å². The summed E-state index contributed by atoms with van der Waals surface area (Å²) in [6.07, 6.45) is -1.04. The van der Waals surface area contributed by atoms with Gasteiger partial charge in [-0.25, -0.2) is 18.4 Å². The molecule has 2 aromatic rings. The monoisotopic (exact) mass is 359 g/mol. The second-order valence-electron chi connectivity index (χ2n) is 6.43. The normalized spacial score (nSPS) is 20.1. The maximum absolute atomic E-state index is 13.4. The third kappa shape index (κ3) is 2.42. The minimum Gasteiger partial charge on any atom is -0.480 e. The number of carbonyl (C=O) groups is 2. The summed E-state index contributed by atoms with van der Waals surface area (Å²) in [5.74, 6) is -5.39. The molecule has 1 heterocycles. The summed E-state index contributed by atoms with van der Waals surface area (Å²) >= 11 is 0. The molecule has 26 heavy (non-hydrogen) atoms. The SMILES string of the molecule is O=C(O)C1N(C(=O)OCC2c3ccccc3-c3ccccc32)CC1(F)F. The van der Waals surface area contributed by atoms with E-state index in [4.69, 9.17) is 9.84 Å². The van der Waals surface area contributed by atoms with Crippen LogP contribution in [0.3, 0.4) is 0 Å². The van der Waals surface area contributed by atoms with Crippen LogP contribution in [0.15, 0.2) is 48.5 Å². The molecule has 7 heteroatoms. The zero-order valence-corrected chi connectivity index (χ0v) is 13.6. The van der Waals surface area contributed by atoms with Gasteiger partial charge in [0.1, 0.15) is 6.61 Å². The van der Waals surface area contributed by atoms with Crippen LogP contribution in [-0.4, -0.2) is 47.2 Å². The third-order valence-corrected chi connectivity index (χ3v) is 4.90. The average Bonchev–Trinajstić information content (AvgIpc) is 2.91. The van der Waals surface area contributed by atoms with Crippen molar-refractivity contribution in [3.63, 3.8) is 0 Å². The predicted octanol–water partition coefficient (Wildman–Crippen LogP) is 3.34. The van der Waals surface area contributed by atoms with Crippen LogP contribution >= 0.6 is 0 Å². The zero-order valence-electron chi connectivity index (χ0n) is 13.6. The van der Waals surface area contributed by atoms with Gasteiger partial charge in [0, 0.05) is 5.92 Å². The van der Waals surface area contributed by atoms with Gasteiger partial charge in [0.2, 0.25) is 0 Å². The second kappa shape index (κ2) is 5.79. The number of halogens is 2. The lowest BCUT2D eigenvalue weighted by atomic mass is 9.98.